The lowest BCUT2D eigenvalue weighted by molar-refractivity contribution is -0.135. The Hall–Kier alpha value is -0.650. The van der Waals surface area contributed by atoms with E-state index in [4.69, 9.17) is 4.74 Å². The summed E-state index contributed by atoms with van der Waals surface area (Å²) in [5.41, 5.74) is 0. The van der Waals surface area contributed by atoms with Crippen LogP contribution in [-0.2, 0) is 9.53 Å². The summed E-state index contributed by atoms with van der Waals surface area (Å²) in [4.78, 5) is 14.5. The number of amides is 1. The fourth-order valence-corrected chi connectivity index (χ4v) is 3.53. The highest BCUT2D eigenvalue weighted by Crippen LogP contribution is 2.20. The zero-order valence-corrected chi connectivity index (χ0v) is 14.6. The van der Waals surface area contributed by atoms with E-state index in [0.717, 1.165) is 51.7 Å². The number of carbonyl (C=O) groups is 1. The van der Waals surface area contributed by atoms with E-state index in [1.807, 2.05) is 6.92 Å². The fraction of sp³-hybridized carbons (Fsp3) is 0.944. The molecule has 1 unspecified atom stereocenters. The summed E-state index contributed by atoms with van der Waals surface area (Å²) >= 11 is 0. The molecule has 5 heteroatoms. The maximum absolute atomic E-state index is 12.1. The molecular weight excluding hydrogens is 292 g/mol. The van der Waals surface area contributed by atoms with Crippen LogP contribution in [0.25, 0.3) is 0 Å². The predicted octanol–water partition coefficient (Wildman–Crippen LogP) is 2.08. The minimum absolute atomic E-state index is 0.0170. The molecule has 1 saturated heterocycles. The topological polar surface area (TPSA) is 61.8 Å². The van der Waals surface area contributed by atoms with Crippen molar-refractivity contribution in [3.63, 3.8) is 0 Å². The van der Waals surface area contributed by atoms with Gasteiger partial charge in [-0.15, -0.1) is 0 Å². The third-order valence-electron chi connectivity index (χ3n) is 5.08. The van der Waals surface area contributed by atoms with Crippen molar-refractivity contribution >= 4 is 5.91 Å². The van der Waals surface area contributed by atoms with Gasteiger partial charge in [-0.2, -0.15) is 0 Å². The number of aliphatic hydroxyl groups is 1. The average molecular weight is 326 g/mol. The minimum atomic E-state index is -0.344. The summed E-state index contributed by atoms with van der Waals surface area (Å²) in [5.74, 6) is 0.0170. The van der Waals surface area contributed by atoms with Gasteiger partial charge in [-0.25, -0.2) is 0 Å². The van der Waals surface area contributed by atoms with Crippen LogP contribution in [0.5, 0.6) is 0 Å². The second-order valence-electron chi connectivity index (χ2n) is 7.11. The molecule has 134 valence electrons. The highest BCUT2D eigenvalue weighted by molar-refractivity contribution is 5.80. The first-order valence-corrected chi connectivity index (χ1v) is 9.48. The first kappa shape index (κ1) is 18.7. The Labute approximate surface area is 140 Å². The molecule has 0 radical (unpaired) electrons. The second kappa shape index (κ2) is 10.3. The van der Waals surface area contributed by atoms with Crippen LogP contribution in [0.4, 0.5) is 0 Å². The monoisotopic (exact) mass is 326 g/mol. The summed E-state index contributed by atoms with van der Waals surface area (Å²) in [6.07, 6.45) is 9.75. The van der Waals surface area contributed by atoms with E-state index < -0.39 is 0 Å². The molecule has 2 fully saturated rings. The number of carbonyl (C=O) groups excluding carboxylic acids is 1. The summed E-state index contributed by atoms with van der Waals surface area (Å²) in [5, 5.41) is 12.5. The van der Waals surface area contributed by atoms with E-state index in [2.05, 4.69) is 10.2 Å². The van der Waals surface area contributed by atoms with E-state index in [1.54, 1.807) is 0 Å². The lowest BCUT2D eigenvalue weighted by Crippen LogP contribution is -2.40. The molecule has 1 aliphatic carbocycles. The summed E-state index contributed by atoms with van der Waals surface area (Å²) in [7, 11) is 0. The third kappa shape index (κ3) is 7.19. The maximum atomic E-state index is 12.1. The molecule has 2 rings (SSSR count). The number of hydrogen-bond donors (Lipinski definition) is 2. The Morgan fingerprint density at radius 1 is 1.17 bits per heavy atom. The molecule has 2 N–H and O–H groups in total. The Bertz CT molecular complexity index is 335. The molecule has 1 heterocycles. The summed E-state index contributed by atoms with van der Waals surface area (Å²) < 4.78 is 5.94. The van der Waals surface area contributed by atoms with Crippen molar-refractivity contribution < 1.29 is 14.6 Å². The van der Waals surface area contributed by atoms with Gasteiger partial charge in [-0.05, 0) is 45.6 Å². The van der Waals surface area contributed by atoms with Crippen LogP contribution in [0.1, 0.15) is 64.7 Å². The molecule has 1 aliphatic heterocycles. The molecule has 0 aromatic heterocycles. The van der Waals surface area contributed by atoms with Crippen molar-refractivity contribution in [1.29, 1.82) is 0 Å². The second-order valence-corrected chi connectivity index (χ2v) is 7.11. The van der Waals surface area contributed by atoms with Gasteiger partial charge >= 0.3 is 0 Å². The highest BCUT2D eigenvalue weighted by atomic mass is 16.5. The van der Waals surface area contributed by atoms with Crippen molar-refractivity contribution in [1.82, 2.24) is 10.2 Å². The number of ether oxygens (including phenoxy) is 1. The van der Waals surface area contributed by atoms with E-state index in [9.17, 15) is 9.90 Å². The molecule has 5 nitrogen and oxygen atoms in total. The Balaban J connectivity index is 1.54. The lowest BCUT2D eigenvalue weighted by atomic mass is 10.1. The van der Waals surface area contributed by atoms with Crippen molar-refractivity contribution in [2.45, 2.75) is 83.0 Å². The standard InChI is InChI=1S/C18H34N2O3/c1-15(23-17-7-4-2-3-5-8-17)18(22)19-11-6-12-20-13-9-16(21)10-14-20/h15-17,21H,2-14H2,1H3,(H,19,22). The van der Waals surface area contributed by atoms with Crippen molar-refractivity contribution in [2.75, 3.05) is 26.2 Å². The van der Waals surface area contributed by atoms with Crippen LogP contribution in [0, 0.1) is 0 Å². The molecule has 0 aromatic carbocycles. The fourth-order valence-electron chi connectivity index (χ4n) is 3.53. The van der Waals surface area contributed by atoms with E-state index in [-0.39, 0.29) is 24.2 Å². The molecular formula is C18H34N2O3. The van der Waals surface area contributed by atoms with E-state index in [1.165, 1.54) is 25.7 Å². The van der Waals surface area contributed by atoms with E-state index >= 15 is 0 Å². The highest BCUT2D eigenvalue weighted by Gasteiger charge is 2.20. The molecule has 23 heavy (non-hydrogen) atoms. The number of hydrogen-bond acceptors (Lipinski definition) is 4. The van der Waals surface area contributed by atoms with Gasteiger partial charge in [0.2, 0.25) is 5.91 Å². The van der Waals surface area contributed by atoms with Gasteiger partial charge in [0.15, 0.2) is 0 Å². The molecule has 0 spiro atoms. The van der Waals surface area contributed by atoms with Crippen molar-refractivity contribution in [3.8, 4) is 0 Å². The van der Waals surface area contributed by atoms with Crippen LogP contribution in [0.3, 0.4) is 0 Å². The number of nitrogens with zero attached hydrogens (tertiary/aromatic N) is 1. The average Bonchev–Trinajstić information content (AvgIpc) is 2.81. The summed E-state index contributed by atoms with van der Waals surface area (Å²) in [6.45, 7) is 5.50. The van der Waals surface area contributed by atoms with Gasteiger partial charge in [0.1, 0.15) is 6.10 Å². The normalized spacial score (nSPS) is 23.4. The molecule has 1 amide bonds. The molecule has 2 aliphatic rings. The van der Waals surface area contributed by atoms with Crippen LogP contribution >= 0.6 is 0 Å². The third-order valence-corrected chi connectivity index (χ3v) is 5.08. The van der Waals surface area contributed by atoms with Crippen LogP contribution < -0.4 is 5.32 Å². The zero-order valence-electron chi connectivity index (χ0n) is 14.6. The molecule has 0 aromatic rings. The number of piperidine rings is 1. The summed E-state index contributed by atoms with van der Waals surface area (Å²) in [6, 6.07) is 0. The number of likely N-dealkylation sites (tertiary alicyclic amines) is 1. The number of rotatable bonds is 7. The smallest absolute Gasteiger partial charge is 0.248 e. The predicted molar refractivity (Wildman–Crippen MR) is 91.3 cm³/mol. The minimum Gasteiger partial charge on any atom is -0.393 e. The van der Waals surface area contributed by atoms with Crippen LogP contribution in [-0.4, -0.2) is 60.4 Å². The first-order valence-electron chi connectivity index (χ1n) is 9.48. The Morgan fingerprint density at radius 3 is 2.48 bits per heavy atom. The molecule has 1 atom stereocenters. The zero-order chi connectivity index (χ0) is 16.5. The number of aliphatic hydroxyl groups excluding tert-OH is 1. The van der Waals surface area contributed by atoms with Gasteiger partial charge in [0.25, 0.3) is 0 Å². The molecule has 0 bridgehead atoms. The van der Waals surface area contributed by atoms with Crippen molar-refractivity contribution in [2.24, 2.45) is 0 Å². The van der Waals surface area contributed by atoms with Gasteiger partial charge < -0.3 is 20.1 Å². The molecule has 1 saturated carbocycles. The van der Waals surface area contributed by atoms with Gasteiger partial charge in [0, 0.05) is 19.6 Å². The SMILES string of the molecule is CC(OC1CCCCCC1)C(=O)NCCCN1CCC(O)CC1. The van der Waals surface area contributed by atoms with Gasteiger partial charge in [-0.1, -0.05) is 25.7 Å². The van der Waals surface area contributed by atoms with Crippen LogP contribution in [0.15, 0.2) is 0 Å². The van der Waals surface area contributed by atoms with Gasteiger partial charge in [0.05, 0.1) is 12.2 Å². The largest absolute Gasteiger partial charge is 0.393 e. The first-order chi connectivity index (χ1) is 11.1. The Kier molecular flexibility index (Phi) is 8.34. The quantitative estimate of drug-likeness (QED) is 0.555. The maximum Gasteiger partial charge on any atom is 0.248 e. The Morgan fingerprint density at radius 2 is 1.83 bits per heavy atom. The number of nitrogens with one attached hydrogen (secondary N) is 1. The van der Waals surface area contributed by atoms with Gasteiger partial charge in [-0.3, -0.25) is 4.79 Å². The van der Waals surface area contributed by atoms with E-state index in [0.29, 0.717) is 6.54 Å². The lowest BCUT2D eigenvalue weighted by Gasteiger charge is -2.29. The van der Waals surface area contributed by atoms with Crippen LogP contribution in [0.2, 0.25) is 0 Å². The van der Waals surface area contributed by atoms with Crippen molar-refractivity contribution in [3.05, 3.63) is 0 Å².